The van der Waals surface area contributed by atoms with Crippen LogP contribution in [0.3, 0.4) is 0 Å². The average Bonchev–Trinajstić information content (AvgIpc) is 2.29. The summed E-state index contributed by atoms with van der Waals surface area (Å²) in [5.41, 5.74) is 2.46. The highest BCUT2D eigenvalue weighted by molar-refractivity contribution is 6.30. The van der Waals surface area contributed by atoms with Gasteiger partial charge >= 0.3 is 0 Å². The molecule has 1 N–H and O–H groups in total. The highest BCUT2D eigenvalue weighted by Gasteiger charge is 1.95. The number of benzene rings is 1. The van der Waals surface area contributed by atoms with Crippen molar-refractivity contribution in [2.75, 3.05) is 6.54 Å². The minimum absolute atomic E-state index is 0.341. The summed E-state index contributed by atoms with van der Waals surface area (Å²) in [5.74, 6) is 0. The van der Waals surface area contributed by atoms with Crippen molar-refractivity contribution in [2.24, 2.45) is 0 Å². The van der Waals surface area contributed by atoms with Crippen LogP contribution in [0.1, 0.15) is 19.4 Å². The molecule has 0 saturated heterocycles. The van der Waals surface area contributed by atoms with Gasteiger partial charge in [-0.15, -0.1) is 6.58 Å². The second-order valence-electron chi connectivity index (χ2n) is 3.95. The largest absolute Gasteiger partial charge is 0.307 e. The molecule has 0 bridgehead atoms. The molecule has 1 aromatic rings. The van der Waals surface area contributed by atoms with E-state index in [4.69, 9.17) is 11.6 Å². The van der Waals surface area contributed by atoms with Gasteiger partial charge in [0.15, 0.2) is 0 Å². The summed E-state index contributed by atoms with van der Waals surface area (Å²) >= 11 is 5.83. The predicted octanol–water partition coefficient (Wildman–Crippen LogP) is 3.91. The SMILES string of the molecule is C=CC(C)NC/C(C)=C/c1ccc(Cl)cc1. The fourth-order valence-corrected chi connectivity index (χ4v) is 1.43. The van der Waals surface area contributed by atoms with Crippen molar-refractivity contribution in [3.63, 3.8) is 0 Å². The van der Waals surface area contributed by atoms with E-state index in [0.29, 0.717) is 6.04 Å². The van der Waals surface area contributed by atoms with Crippen molar-refractivity contribution in [1.82, 2.24) is 5.32 Å². The van der Waals surface area contributed by atoms with Crippen molar-refractivity contribution < 1.29 is 0 Å². The summed E-state index contributed by atoms with van der Waals surface area (Å²) in [7, 11) is 0. The van der Waals surface area contributed by atoms with Gasteiger partial charge in [-0.3, -0.25) is 0 Å². The second-order valence-corrected chi connectivity index (χ2v) is 4.38. The van der Waals surface area contributed by atoms with Gasteiger partial charge in [0.05, 0.1) is 0 Å². The van der Waals surface area contributed by atoms with E-state index in [0.717, 1.165) is 11.6 Å². The molecule has 0 aliphatic rings. The minimum Gasteiger partial charge on any atom is -0.307 e. The quantitative estimate of drug-likeness (QED) is 0.764. The maximum Gasteiger partial charge on any atom is 0.0406 e. The molecule has 86 valence electrons. The highest BCUT2D eigenvalue weighted by atomic mass is 35.5. The van der Waals surface area contributed by atoms with Gasteiger partial charge in [0.2, 0.25) is 0 Å². The van der Waals surface area contributed by atoms with Crippen LogP contribution in [0.2, 0.25) is 5.02 Å². The Labute approximate surface area is 103 Å². The monoisotopic (exact) mass is 235 g/mol. The van der Waals surface area contributed by atoms with E-state index >= 15 is 0 Å². The number of hydrogen-bond acceptors (Lipinski definition) is 1. The first-order valence-corrected chi connectivity index (χ1v) is 5.78. The number of nitrogens with one attached hydrogen (secondary N) is 1. The minimum atomic E-state index is 0.341. The van der Waals surface area contributed by atoms with Crippen molar-refractivity contribution in [2.45, 2.75) is 19.9 Å². The zero-order valence-electron chi connectivity index (χ0n) is 9.83. The van der Waals surface area contributed by atoms with Crippen LogP contribution in [0, 0.1) is 0 Å². The van der Waals surface area contributed by atoms with E-state index < -0.39 is 0 Å². The Balaban J connectivity index is 2.55. The van der Waals surface area contributed by atoms with E-state index in [-0.39, 0.29) is 0 Å². The summed E-state index contributed by atoms with van der Waals surface area (Å²) < 4.78 is 0. The molecule has 1 nitrogen and oxygen atoms in total. The van der Waals surface area contributed by atoms with Gasteiger partial charge in [0.1, 0.15) is 0 Å². The molecule has 0 aromatic heterocycles. The molecule has 0 amide bonds. The maximum atomic E-state index is 5.83. The summed E-state index contributed by atoms with van der Waals surface area (Å²) in [5, 5.41) is 4.12. The smallest absolute Gasteiger partial charge is 0.0406 e. The standard InChI is InChI=1S/C14H18ClN/c1-4-12(3)16-10-11(2)9-13-5-7-14(15)8-6-13/h4-9,12,16H,1,10H2,2-3H3/b11-9+. The lowest BCUT2D eigenvalue weighted by molar-refractivity contribution is 0.674. The summed E-state index contributed by atoms with van der Waals surface area (Å²) in [6.07, 6.45) is 4.05. The van der Waals surface area contributed by atoms with Crippen LogP contribution in [0.15, 0.2) is 42.5 Å². The molecule has 0 spiro atoms. The highest BCUT2D eigenvalue weighted by Crippen LogP contribution is 2.12. The van der Waals surface area contributed by atoms with E-state index in [1.807, 2.05) is 30.3 Å². The lowest BCUT2D eigenvalue weighted by Crippen LogP contribution is -2.25. The number of rotatable bonds is 5. The predicted molar refractivity (Wildman–Crippen MR) is 72.8 cm³/mol. The first-order valence-electron chi connectivity index (χ1n) is 5.40. The molecule has 0 heterocycles. The lowest BCUT2D eigenvalue weighted by atomic mass is 10.1. The van der Waals surface area contributed by atoms with Crippen molar-refractivity contribution >= 4 is 17.7 Å². The first kappa shape index (κ1) is 13.0. The third-order valence-electron chi connectivity index (χ3n) is 2.34. The van der Waals surface area contributed by atoms with Crippen LogP contribution in [-0.2, 0) is 0 Å². The third-order valence-corrected chi connectivity index (χ3v) is 2.59. The number of hydrogen-bond donors (Lipinski definition) is 1. The Hall–Kier alpha value is -1.05. The van der Waals surface area contributed by atoms with Crippen LogP contribution in [-0.4, -0.2) is 12.6 Å². The van der Waals surface area contributed by atoms with Crippen molar-refractivity contribution in [3.05, 3.63) is 53.1 Å². The molecule has 0 aliphatic carbocycles. The van der Waals surface area contributed by atoms with E-state index in [9.17, 15) is 0 Å². The van der Waals surface area contributed by atoms with E-state index in [1.54, 1.807) is 0 Å². The average molecular weight is 236 g/mol. The molecular weight excluding hydrogens is 218 g/mol. The van der Waals surface area contributed by atoms with Gasteiger partial charge in [0.25, 0.3) is 0 Å². The molecule has 0 aliphatic heterocycles. The zero-order valence-corrected chi connectivity index (χ0v) is 10.6. The zero-order chi connectivity index (χ0) is 12.0. The second kappa shape index (κ2) is 6.51. The molecule has 1 aromatic carbocycles. The van der Waals surface area contributed by atoms with Gasteiger partial charge < -0.3 is 5.32 Å². The van der Waals surface area contributed by atoms with Gasteiger partial charge in [-0.05, 0) is 31.5 Å². The van der Waals surface area contributed by atoms with Crippen molar-refractivity contribution in [1.29, 1.82) is 0 Å². The Bertz CT molecular complexity index is 365. The molecule has 2 heteroatoms. The van der Waals surface area contributed by atoms with Crippen LogP contribution in [0.25, 0.3) is 6.08 Å². The lowest BCUT2D eigenvalue weighted by Gasteiger charge is -2.09. The third kappa shape index (κ3) is 4.65. The van der Waals surface area contributed by atoms with Crippen LogP contribution in [0.4, 0.5) is 0 Å². The Kier molecular flexibility index (Phi) is 5.30. The Morgan fingerprint density at radius 3 is 2.62 bits per heavy atom. The summed E-state index contributed by atoms with van der Waals surface area (Å²) in [4.78, 5) is 0. The topological polar surface area (TPSA) is 12.0 Å². The summed E-state index contributed by atoms with van der Waals surface area (Å²) in [6.45, 7) is 8.80. The van der Waals surface area contributed by atoms with E-state index in [1.165, 1.54) is 11.1 Å². The Morgan fingerprint density at radius 1 is 1.44 bits per heavy atom. The fraction of sp³-hybridized carbons (Fsp3) is 0.286. The van der Waals surface area contributed by atoms with Crippen LogP contribution in [0.5, 0.6) is 0 Å². The molecule has 0 radical (unpaired) electrons. The molecule has 1 rings (SSSR count). The molecule has 1 unspecified atom stereocenters. The van der Waals surface area contributed by atoms with Crippen LogP contribution >= 0.6 is 11.6 Å². The van der Waals surface area contributed by atoms with E-state index in [2.05, 4.69) is 31.8 Å². The molecular formula is C14H18ClN. The number of halogens is 1. The van der Waals surface area contributed by atoms with Gasteiger partial charge in [-0.1, -0.05) is 41.5 Å². The molecule has 1 atom stereocenters. The van der Waals surface area contributed by atoms with Gasteiger partial charge in [-0.2, -0.15) is 0 Å². The molecule has 0 fully saturated rings. The Morgan fingerprint density at radius 2 is 2.06 bits per heavy atom. The van der Waals surface area contributed by atoms with Gasteiger partial charge in [0, 0.05) is 17.6 Å². The fourth-order valence-electron chi connectivity index (χ4n) is 1.30. The van der Waals surface area contributed by atoms with Gasteiger partial charge in [-0.25, -0.2) is 0 Å². The molecule has 0 saturated carbocycles. The molecule has 16 heavy (non-hydrogen) atoms. The summed E-state index contributed by atoms with van der Waals surface area (Å²) in [6, 6.07) is 8.18. The van der Waals surface area contributed by atoms with Crippen molar-refractivity contribution in [3.8, 4) is 0 Å². The normalized spacial score (nSPS) is 13.6. The first-order chi connectivity index (χ1) is 7.61. The maximum absolute atomic E-state index is 5.83. The van der Waals surface area contributed by atoms with Crippen LogP contribution < -0.4 is 5.32 Å².